The van der Waals surface area contributed by atoms with E-state index in [1.54, 1.807) is 37.3 Å². The van der Waals surface area contributed by atoms with Crippen LogP contribution in [0.1, 0.15) is 32.4 Å². The largest absolute Gasteiger partial charge is 0.479 e. The number of carboxylic acids is 1. The minimum atomic E-state index is -1.05. The highest BCUT2D eigenvalue weighted by Gasteiger charge is 2.25. The van der Waals surface area contributed by atoms with Crippen LogP contribution < -0.4 is 5.32 Å². The summed E-state index contributed by atoms with van der Waals surface area (Å²) >= 11 is 0. The molecule has 0 saturated heterocycles. The van der Waals surface area contributed by atoms with Gasteiger partial charge in [0.25, 0.3) is 0 Å². The Hall–Kier alpha value is -1.84. The lowest BCUT2D eigenvalue weighted by molar-refractivity contribution is -0.142. The fourth-order valence-electron chi connectivity index (χ4n) is 1.51. The summed E-state index contributed by atoms with van der Waals surface area (Å²) in [6.07, 6.45) is 0. The highest BCUT2D eigenvalue weighted by molar-refractivity contribution is 5.85. The number of nitrogens with one attached hydrogen (secondary N) is 1. The maximum atomic E-state index is 11.9. The Labute approximate surface area is 107 Å². The number of carbonyl (C=O) groups is 2. The molecule has 0 bridgehead atoms. The third kappa shape index (κ3) is 3.58. The van der Waals surface area contributed by atoms with Crippen molar-refractivity contribution in [2.24, 2.45) is 11.8 Å². The van der Waals surface area contributed by atoms with E-state index in [0.29, 0.717) is 5.56 Å². The molecule has 0 saturated carbocycles. The molecule has 18 heavy (non-hydrogen) atoms. The lowest BCUT2D eigenvalue weighted by atomic mass is 9.96. The van der Waals surface area contributed by atoms with Crippen LogP contribution in [0.5, 0.6) is 0 Å². The van der Waals surface area contributed by atoms with Gasteiger partial charge in [-0.3, -0.25) is 4.79 Å². The Morgan fingerprint density at radius 3 is 2.11 bits per heavy atom. The Balaban J connectivity index is 2.83. The number of carbonyl (C=O) groups excluding carboxylic acids is 1. The summed E-state index contributed by atoms with van der Waals surface area (Å²) in [6, 6.07) is 7.71. The van der Waals surface area contributed by atoms with Crippen molar-refractivity contribution in [3.63, 3.8) is 0 Å². The Bertz CT molecular complexity index is 414. The van der Waals surface area contributed by atoms with Gasteiger partial charge in [-0.15, -0.1) is 0 Å². The van der Waals surface area contributed by atoms with Crippen molar-refractivity contribution < 1.29 is 14.7 Å². The quantitative estimate of drug-likeness (QED) is 0.840. The zero-order valence-corrected chi connectivity index (χ0v) is 10.9. The smallest absolute Gasteiger partial charge is 0.330 e. The van der Waals surface area contributed by atoms with Gasteiger partial charge < -0.3 is 10.4 Å². The van der Waals surface area contributed by atoms with E-state index >= 15 is 0 Å². The van der Waals surface area contributed by atoms with Crippen molar-refractivity contribution in [2.75, 3.05) is 0 Å². The van der Waals surface area contributed by atoms with E-state index in [9.17, 15) is 14.7 Å². The molecule has 0 aromatic heterocycles. The van der Waals surface area contributed by atoms with E-state index < -0.39 is 12.0 Å². The summed E-state index contributed by atoms with van der Waals surface area (Å²) in [5.74, 6) is -1.32. The average Bonchev–Trinajstić information content (AvgIpc) is 2.35. The Morgan fingerprint density at radius 2 is 1.67 bits per heavy atom. The number of benzene rings is 1. The normalized spacial score (nSPS) is 14.0. The van der Waals surface area contributed by atoms with Crippen LogP contribution in [0.3, 0.4) is 0 Å². The van der Waals surface area contributed by atoms with Gasteiger partial charge in [-0.25, -0.2) is 4.79 Å². The number of hydrogen-bond donors (Lipinski definition) is 2. The van der Waals surface area contributed by atoms with Crippen molar-refractivity contribution in [3.8, 4) is 0 Å². The van der Waals surface area contributed by atoms with Crippen LogP contribution in [0.25, 0.3) is 0 Å². The van der Waals surface area contributed by atoms with Gasteiger partial charge in [-0.2, -0.15) is 0 Å². The standard InChI is InChI=1S/C14H19NO3/c1-9(2)10(3)13(16)15-12(14(17)18)11-7-5-4-6-8-11/h4-10,12H,1-3H3,(H,15,16)(H,17,18). The fourth-order valence-corrected chi connectivity index (χ4v) is 1.51. The van der Waals surface area contributed by atoms with Gasteiger partial charge in [-0.05, 0) is 11.5 Å². The lowest BCUT2D eigenvalue weighted by Gasteiger charge is -2.20. The first-order valence-corrected chi connectivity index (χ1v) is 6.01. The first-order valence-electron chi connectivity index (χ1n) is 6.01. The second-order valence-corrected chi connectivity index (χ2v) is 4.72. The van der Waals surface area contributed by atoms with Crippen molar-refractivity contribution in [1.29, 1.82) is 0 Å². The highest BCUT2D eigenvalue weighted by atomic mass is 16.4. The van der Waals surface area contributed by atoms with Crippen LogP contribution in [0, 0.1) is 11.8 Å². The van der Waals surface area contributed by atoms with Crippen LogP contribution in [0.2, 0.25) is 0 Å². The number of hydrogen-bond acceptors (Lipinski definition) is 2. The summed E-state index contributed by atoms with van der Waals surface area (Å²) < 4.78 is 0. The molecule has 1 rings (SSSR count). The Morgan fingerprint density at radius 1 is 1.11 bits per heavy atom. The van der Waals surface area contributed by atoms with Gasteiger partial charge in [0.15, 0.2) is 6.04 Å². The molecule has 0 heterocycles. The molecule has 0 fully saturated rings. The van der Waals surface area contributed by atoms with Crippen LogP contribution in [0.4, 0.5) is 0 Å². The molecule has 0 radical (unpaired) electrons. The molecule has 0 aliphatic rings. The predicted octanol–water partition coefficient (Wildman–Crippen LogP) is 2.22. The SMILES string of the molecule is CC(C)C(C)C(=O)NC(C(=O)O)c1ccccc1. The molecule has 1 aromatic carbocycles. The molecule has 1 aromatic rings. The van der Waals surface area contributed by atoms with E-state index in [2.05, 4.69) is 5.32 Å². The lowest BCUT2D eigenvalue weighted by Crippen LogP contribution is -2.38. The summed E-state index contributed by atoms with van der Waals surface area (Å²) in [4.78, 5) is 23.1. The van der Waals surface area contributed by atoms with Crippen LogP contribution in [-0.4, -0.2) is 17.0 Å². The zero-order chi connectivity index (χ0) is 13.7. The molecule has 0 aliphatic carbocycles. The number of amides is 1. The first-order chi connectivity index (χ1) is 8.43. The maximum absolute atomic E-state index is 11.9. The van der Waals surface area contributed by atoms with Crippen molar-refractivity contribution in [1.82, 2.24) is 5.32 Å². The summed E-state index contributed by atoms with van der Waals surface area (Å²) in [6.45, 7) is 5.66. The minimum absolute atomic E-state index is 0.176. The third-order valence-corrected chi connectivity index (χ3v) is 3.08. The van der Waals surface area contributed by atoms with E-state index in [4.69, 9.17) is 0 Å². The first kappa shape index (κ1) is 14.2. The third-order valence-electron chi connectivity index (χ3n) is 3.08. The summed E-state index contributed by atoms with van der Waals surface area (Å²) in [5.41, 5.74) is 0.578. The molecular formula is C14H19NO3. The molecule has 2 atom stereocenters. The number of aliphatic carboxylic acids is 1. The van der Waals surface area contributed by atoms with E-state index in [1.807, 2.05) is 13.8 Å². The molecule has 1 amide bonds. The van der Waals surface area contributed by atoms with Crippen molar-refractivity contribution in [3.05, 3.63) is 35.9 Å². The summed E-state index contributed by atoms with van der Waals surface area (Å²) in [5, 5.41) is 11.8. The molecule has 0 aliphatic heterocycles. The molecule has 0 spiro atoms. The minimum Gasteiger partial charge on any atom is -0.479 e. The molecule has 2 unspecified atom stereocenters. The van der Waals surface area contributed by atoms with Gasteiger partial charge in [-0.1, -0.05) is 51.1 Å². The fraction of sp³-hybridized carbons (Fsp3) is 0.429. The van der Waals surface area contributed by atoms with Gasteiger partial charge in [0.05, 0.1) is 0 Å². The van der Waals surface area contributed by atoms with Crippen LogP contribution in [0.15, 0.2) is 30.3 Å². The molecule has 4 heteroatoms. The highest BCUT2D eigenvalue weighted by Crippen LogP contribution is 2.16. The van der Waals surface area contributed by atoms with Crippen LogP contribution in [-0.2, 0) is 9.59 Å². The topological polar surface area (TPSA) is 66.4 Å². The number of rotatable bonds is 5. The average molecular weight is 249 g/mol. The van der Waals surface area contributed by atoms with Gasteiger partial charge >= 0.3 is 5.97 Å². The van der Waals surface area contributed by atoms with E-state index in [0.717, 1.165) is 0 Å². The predicted molar refractivity (Wildman–Crippen MR) is 69.0 cm³/mol. The zero-order valence-electron chi connectivity index (χ0n) is 10.9. The van der Waals surface area contributed by atoms with Crippen molar-refractivity contribution in [2.45, 2.75) is 26.8 Å². The Kier molecular flexibility index (Phi) is 4.89. The van der Waals surface area contributed by atoms with E-state index in [1.165, 1.54) is 0 Å². The molecular weight excluding hydrogens is 230 g/mol. The van der Waals surface area contributed by atoms with E-state index in [-0.39, 0.29) is 17.7 Å². The van der Waals surface area contributed by atoms with Crippen LogP contribution >= 0.6 is 0 Å². The maximum Gasteiger partial charge on any atom is 0.330 e. The van der Waals surface area contributed by atoms with Crippen molar-refractivity contribution >= 4 is 11.9 Å². The summed E-state index contributed by atoms with van der Waals surface area (Å²) in [7, 11) is 0. The van der Waals surface area contributed by atoms with Gasteiger partial charge in [0.1, 0.15) is 0 Å². The monoisotopic (exact) mass is 249 g/mol. The molecule has 98 valence electrons. The second-order valence-electron chi connectivity index (χ2n) is 4.72. The number of carboxylic acid groups (broad SMARTS) is 1. The second kappa shape index (κ2) is 6.19. The molecule has 4 nitrogen and oxygen atoms in total. The molecule has 2 N–H and O–H groups in total. The van der Waals surface area contributed by atoms with Gasteiger partial charge in [0, 0.05) is 5.92 Å². The van der Waals surface area contributed by atoms with Gasteiger partial charge in [0.2, 0.25) is 5.91 Å².